The summed E-state index contributed by atoms with van der Waals surface area (Å²) >= 11 is 5.93. The van der Waals surface area contributed by atoms with Crippen LogP contribution in [0.1, 0.15) is 69.7 Å². The number of pyridine rings is 1. The Bertz CT molecular complexity index is 1330. The molecule has 1 aromatic carbocycles. The number of nitro groups is 1. The van der Waals surface area contributed by atoms with Gasteiger partial charge in [0.1, 0.15) is 16.6 Å². The van der Waals surface area contributed by atoms with E-state index in [1.165, 1.54) is 23.1 Å². The number of aromatic nitrogens is 1. The fraction of sp³-hybridized carbons (Fsp3) is 0.567. The van der Waals surface area contributed by atoms with Crippen molar-refractivity contribution in [3.63, 3.8) is 0 Å². The molecular weight excluding hydrogens is 584 g/mol. The molecule has 10 nitrogen and oxygen atoms in total. The lowest BCUT2D eigenvalue weighted by atomic mass is 9.85. The van der Waals surface area contributed by atoms with Crippen molar-refractivity contribution >= 4 is 40.8 Å². The first-order valence-electron chi connectivity index (χ1n) is 14.5. The van der Waals surface area contributed by atoms with Crippen molar-refractivity contribution in [2.45, 2.75) is 70.8 Å². The second-order valence-corrected chi connectivity index (χ2v) is 12.6. The van der Waals surface area contributed by atoms with Gasteiger partial charge in [-0.05, 0) is 64.2 Å². The summed E-state index contributed by atoms with van der Waals surface area (Å²) < 4.78 is 34.8. The Kier molecular flexibility index (Phi) is 10.1. The van der Waals surface area contributed by atoms with E-state index in [9.17, 15) is 28.5 Å². The molecule has 0 saturated carbocycles. The van der Waals surface area contributed by atoms with Gasteiger partial charge in [-0.15, -0.1) is 0 Å². The number of benzene rings is 1. The van der Waals surface area contributed by atoms with Gasteiger partial charge in [0.15, 0.2) is 0 Å². The summed E-state index contributed by atoms with van der Waals surface area (Å²) in [6, 6.07) is 8.96. The molecule has 0 bridgehead atoms. The van der Waals surface area contributed by atoms with Crippen molar-refractivity contribution in [1.82, 2.24) is 9.88 Å². The van der Waals surface area contributed by atoms with Gasteiger partial charge >= 0.3 is 6.09 Å². The molecule has 2 aliphatic heterocycles. The van der Waals surface area contributed by atoms with E-state index in [1.807, 2.05) is 4.90 Å². The summed E-state index contributed by atoms with van der Waals surface area (Å²) in [7, 11) is 0. The lowest BCUT2D eigenvalue weighted by Gasteiger charge is -2.39. The molecule has 0 radical (unpaired) electrons. The molecule has 234 valence electrons. The van der Waals surface area contributed by atoms with Crippen LogP contribution in [-0.2, 0) is 4.74 Å². The molecule has 43 heavy (non-hydrogen) atoms. The van der Waals surface area contributed by atoms with Crippen molar-refractivity contribution in [2.24, 2.45) is 11.8 Å². The fourth-order valence-corrected chi connectivity index (χ4v) is 5.80. The molecule has 2 aromatic rings. The van der Waals surface area contributed by atoms with E-state index in [4.69, 9.17) is 16.3 Å². The number of piperidine rings is 2. The van der Waals surface area contributed by atoms with Gasteiger partial charge in [0.05, 0.1) is 16.2 Å². The number of carbonyl (C=O) groups is 2. The Morgan fingerprint density at radius 3 is 2.53 bits per heavy atom. The van der Waals surface area contributed by atoms with Crippen LogP contribution in [0.4, 0.5) is 30.8 Å². The minimum atomic E-state index is -2.83. The van der Waals surface area contributed by atoms with Gasteiger partial charge in [-0.2, -0.15) is 0 Å². The first kappa shape index (κ1) is 32.4. The highest BCUT2D eigenvalue weighted by Gasteiger charge is 2.45. The van der Waals surface area contributed by atoms with Crippen LogP contribution in [0.5, 0.6) is 0 Å². The second kappa shape index (κ2) is 13.4. The van der Waals surface area contributed by atoms with Crippen LogP contribution in [0.15, 0.2) is 36.4 Å². The van der Waals surface area contributed by atoms with Crippen LogP contribution in [0.25, 0.3) is 0 Å². The Balaban J connectivity index is 1.34. The monoisotopic (exact) mass is 621 g/mol. The van der Waals surface area contributed by atoms with Crippen LogP contribution in [-0.4, -0.2) is 64.5 Å². The molecule has 2 fully saturated rings. The minimum absolute atomic E-state index is 0.0237. The van der Waals surface area contributed by atoms with Gasteiger partial charge < -0.3 is 19.9 Å². The number of ether oxygens (including phenoxy) is 1. The molecule has 1 aromatic heterocycles. The third-order valence-electron chi connectivity index (χ3n) is 7.92. The Morgan fingerprint density at radius 1 is 1.16 bits per heavy atom. The van der Waals surface area contributed by atoms with Crippen LogP contribution in [0.2, 0.25) is 5.15 Å². The molecule has 2 aliphatic rings. The average molecular weight is 622 g/mol. The highest BCUT2D eigenvalue weighted by Crippen LogP contribution is 2.38. The number of carbonyl (C=O) groups excluding carboxylic acids is 2. The van der Waals surface area contributed by atoms with E-state index in [-0.39, 0.29) is 41.7 Å². The number of alkyl halides is 2. The largest absolute Gasteiger partial charge is 0.444 e. The standard InChI is InChI=1S/C30H38ClF2N5O5/c1-29(2,3)43-28(40)37-17-14-30(32,33)21(19-37)7-4-6-20-12-15-36(16-13-20)24-18-22(38(41)42)10-11-23(24)27(39)35-26-9-5-8-25(31)34-26/h5,8-11,18,20-21H,4,6-7,12-17,19H2,1-3H3,(H,34,35,39). The third-order valence-corrected chi connectivity index (χ3v) is 8.13. The Labute approximate surface area is 254 Å². The van der Waals surface area contributed by atoms with Crippen molar-refractivity contribution in [3.05, 3.63) is 57.2 Å². The quantitative estimate of drug-likeness (QED) is 0.188. The zero-order valence-electron chi connectivity index (χ0n) is 24.7. The summed E-state index contributed by atoms with van der Waals surface area (Å²) in [5, 5.41) is 14.4. The van der Waals surface area contributed by atoms with Gasteiger partial charge in [0.25, 0.3) is 17.5 Å². The third kappa shape index (κ3) is 8.75. The summed E-state index contributed by atoms with van der Waals surface area (Å²) in [4.78, 5) is 44.0. The molecule has 3 heterocycles. The van der Waals surface area contributed by atoms with E-state index in [1.54, 1.807) is 39.0 Å². The number of likely N-dealkylation sites (tertiary alicyclic amines) is 1. The number of halogens is 3. The van der Waals surface area contributed by atoms with Crippen LogP contribution in [0, 0.1) is 22.0 Å². The number of nitrogens with one attached hydrogen (secondary N) is 1. The van der Waals surface area contributed by atoms with Gasteiger partial charge in [-0.1, -0.05) is 30.5 Å². The molecular formula is C30H38ClF2N5O5. The number of hydrogen-bond acceptors (Lipinski definition) is 7. The van der Waals surface area contributed by atoms with Crippen molar-refractivity contribution in [2.75, 3.05) is 36.4 Å². The summed E-state index contributed by atoms with van der Waals surface area (Å²) in [6.45, 7) is 6.33. The fourth-order valence-electron chi connectivity index (χ4n) is 5.64. The first-order chi connectivity index (χ1) is 20.2. The molecule has 2 amide bonds. The lowest BCUT2D eigenvalue weighted by molar-refractivity contribution is -0.384. The van der Waals surface area contributed by atoms with E-state index in [2.05, 4.69) is 10.3 Å². The topological polar surface area (TPSA) is 118 Å². The van der Waals surface area contributed by atoms with E-state index in [0.717, 1.165) is 19.3 Å². The number of rotatable bonds is 8. The highest BCUT2D eigenvalue weighted by molar-refractivity contribution is 6.29. The molecule has 0 aliphatic carbocycles. The maximum absolute atomic E-state index is 14.7. The molecule has 13 heteroatoms. The lowest BCUT2D eigenvalue weighted by Crippen LogP contribution is -2.50. The maximum Gasteiger partial charge on any atom is 0.410 e. The predicted molar refractivity (Wildman–Crippen MR) is 160 cm³/mol. The number of hydrogen-bond donors (Lipinski definition) is 1. The summed E-state index contributed by atoms with van der Waals surface area (Å²) in [5.41, 5.74) is -0.0797. The normalized spacial score (nSPS) is 19.2. The minimum Gasteiger partial charge on any atom is -0.444 e. The Morgan fingerprint density at radius 2 is 1.88 bits per heavy atom. The zero-order valence-corrected chi connectivity index (χ0v) is 25.4. The second-order valence-electron chi connectivity index (χ2n) is 12.3. The number of nitro benzene ring substituents is 1. The molecule has 0 spiro atoms. The smallest absolute Gasteiger partial charge is 0.410 e. The molecule has 1 N–H and O–H groups in total. The average Bonchev–Trinajstić information content (AvgIpc) is 2.93. The molecule has 1 atom stereocenters. The van der Waals surface area contributed by atoms with Crippen LogP contribution in [0.3, 0.4) is 0 Å². The summed E-state index contributed by atoms with van der Waals surface area (Å²) in [6.07, 6.45) is 2.24. The van der Waals surface area contributed by atoms with Gasteiger partial charge in [0.2, 0.25) is 0 Å². The zero-order chi connectivity index (χ0) is 31.4. The van der Waals surface area contributed by atoms with Gasteiger partial charge in [0, 0.05) is 50.7 Å². The number of anilines is 2. The SMILES string of the molecule is CC(C)(C)OC(=O)N1CCC(F)(F)C(CCCC2CCN(c3cc([N+](=O)[O-])ccc3C(=O)Nc3cccc(Cl)n3)CC2)C1. The van der Waals surface area contributed by atoms with Gasteiger partial charge in [-0.25, -0.2) is 18.6 Å². The number of amides is 2. The number of non-ortho nitro benzene ring substituents is 1. The van der Waals surface area contributed by atoms with Crippen LogP contribution < -0.4 is 10.2 Å². The van der Waals surface area contributed by atoms with Gasteiger partial charge in [-0.3, -0.25) is 14.9 Å². The summed E-state index contributed by atoms with van der Waals surface area (Å²) in [5.74, 6) is -3.66. The van der Waals surface area contributed by atoms with E-state index >= 15 is 0 Å². The van der Waals surface area contributed by atoms with Crippen molar-refractivity contribution in [3.8, 4) is 0 Å². The van der Waals surface area contributed by atoms with Crippen LogP contribution >= 0.6 is 11.6 Å². The molecule has 2 saturated heterocycles. The predicted octanol–water partition coefficient (Wildman–Crippen LogP) is 7.17. The molecule has 1 unspecified atom stereocenters. The Hall–Kier alpha value is -3.54. The maximum atomic E-state index is 14.7. The molecule has 4 rings (SSSR count). The highest BCUT2D eigenvalue weighted by atomic mass is 35.5. The van der Waals surface area contributed by atoms with Crippen molar-refractivity contribution in [1.29, 1.82) is 0 Å². The first-order valence-corrected chi connectivity index (χ1v) is 14.9. The number of nitrogens with zero attached hydrogens (tertiary/aromatic N) is 4. The van der Waals surface area contributed by atoms with E-state index in [0.29, 0.717) is 37.5 Å². The van der Waals surface area contributed by atoms with Crippen molar-refractivity contribution < 1.29 is 28.0 Å². The van der Waals surface area contributed by atoms with E-state index < -0.39 is 34.4 Å².